The van der Waals surface area contributed by atoms with Gasteiger partial charge in [-0.2, -0.15) is 71.1 Å². The Labute approximate surface area is 746 Å². The van der Waals surface area contributed by atoms with Crippen molar-refractivity contribution in [3.8, 4) is 40.5 Å². The van der Waals surface area contributed by atoms with Gasteiger partial charge in [0.1, 0.15) is 29.3 Å². The van der Waals surface area contributed by atoms with Gasteiger partial charge in [-0.15, -0.1) is 0 Å². The number of carbonyl (C=O) groups excluding carboxylic acids is 4. The minimum absolute atomic E-state index is 0.0234. The lowest BCUT2D eigenvalue weighted by atomic mass is 9.92. The van der Waals surface area contributed by atoms with E-state index in [-0.39, 0.29) is 108 Å². The Bertz CT molecular complexity index is 4820. The first-order valence-electron chi connectivity index (χ1n) is 40.7. The predicted octanol–water partition coefficient (Wildman–Crippen LogP) is 14.3. The topological polar surface area (TPSA) is 376 Å². The van der Waals surface area contributed by atoms with Crippen LogP contribution in [0.2, 0.25) is 0 Å². The van der Waals surface area contributed by atoms with Gasteiger partial charge in [0.05, 0.1) is 36.6 Å². The molecule has 1 aromatic heterocycles. The first-order valence-corrected chi connectivity index (χ1v) is 40.7. The SMILES string of the molecule is CC(OC(=O)N1CCN(Cc2cc(C#N)cc(OC(C)(C)C(=O)O)c2)CC1)C(F)(F)F.CC(OC(=O)N1CCN(Cc2cc(OC(C)(C)C(=O)O)cc(C(F)(F)F)c2)CC1)C(F)(F)F.CC(OC(=O)N1CCN(Cc2ccc(-c3ncco3)cc2OC(C)(C)C(=O)O)CC1)C(F)(F)F.CC(OC(=O)N1CCN(Cc2ccc(C3(F)COC3)cc2OC(C)(C)C(=O)O)CC1)C(F)(F)F. The van der Waals surface area contributed by atoms with Crippen LogP contribution in [0.15, 0.2) is 89.7 Å². The molecule has 4 aromatic carbocycles. The molecule has 5 saturated heterocycles. The fourth-order valence-electron chi connectivity index (χ4n) is 12.5. The number of carbonyl (C=O) groups is 8. The molecule has 5 fully saturated rings. The second-order valence-corrected chi connectivity index (χ2v) is 33.3. The summed E-state index contributed by atoms with van der Waals surface area (Å²) in [6.07, 6.45) is -33.3. The summed E-state index contributed by atoms with van der Waals surface area (Å²) in [4.78, 5) is 110. The summed E-state index contributed by atoms with van der Waals surface area (Å²) in [5.74, 6) is -3.96. The zero-order valence-corrected chi connectivity index (χ0v) is 73.6. The van der Waals surface area contributed by atoms with Gasteiger partial charge >= 0.3 is 79.1 Å². The number of hydrogen-bond donors (Lipinski definition) is 4. The molecule has 0 radical (unpaired) electrons. The fourth-order valence-corrected chi connectivity index (χ4v) is 12.5. The Morgan fingerprint density at radius 3 is 1.05 bits per heavy atom. The molecule has 0 bridgehead atoms. The lowest BCUT2D eigenvalue weighted by molar-refractivity contribution is -0.200. The number of carboxylic acids is 4. The van der Waals surface area contributed by atoms with Gasteiger partial charge in [-0.3, -0.25) is 19.6 Å². The average Bonchev–Trinajstić information content (AvgIpc) is 1.07. The van der Waals surface area contributed by atoms with Crippen molar-refractivity contribution in [3.63, 3.8) is 0 Å². The van der Waals surface area contributed by atoms with Crippen LogP contribution in [0.25, 0.3) is 11.5 Å². The van der Waals surface area contributed by atoms with Gasteiger partial charge in [0, 0.05) is 148 Å². The van der Waals surface area contributed by atoms with E-state index in [4.69, 9.17) is 28.1 Å². The van der Waals surface area contributed by atoms with Gasteiger partial charge in [0.25, 0.3) is 0 Å². The fraction of sp³-hybridized carbons (Fsp3) is 0.571. The average molecular weight is 1910 g/mol. The Morgan fingerprint density at radius 1 is 0.424 bits per heavy atom. The summed E-state index contributed by atoms with van der Waals surface area (Å²) in [5, 5.41) is 46.6. The van der Waals surface area contributed by atoms with Crippen LogP contribution in [-0.2, 0) is 80.9 Å². The molecule has 4 unspecified atom stereocenters. The Balaban J connectivity index is 0.000000241. The van der Waals surface area contributed by atoms with Gasteiger partial charge in [0.15, 0.2) is 52.5 Å². The van der Waals surface area contributed by atoms with E-state index in [1.165, 1.54) is 101 Å². The predicted molar refractivity (Wildman–Crippen MR) is 429 cm³/mol. The van der Waals surface area contributed by atoms with Crippen LogP contribution >= 0.6 is 0 Å². The van der Waals surface area contributed by atoms with Crippen molar-refractivity contribution in [2.24, 2.45) is 0 Å². The first kappa shape index (κ1) is 107. The first-order chi connectivity index (χ1) is 60.9. The summed E-state index contributed by atoms with van der Waals surface area (Å²) in [5.41, 5.74) is -5.53. The highest BCUT2D eigenvalue weighted by atomic mass is 19.4. The second kappa shape index (κ2) is 43.9. The van der Waals surface area contributed by atoms with Gasteiger partial charge in [0.2, 0.25) is 5.89 Å². The molecular formula is C84H102F16N10O22. The number of halogens is 16. The van der Waals surface area contributed by atoms with Gasteiger partial charge < -0.3 is 87.1 Å². The molecule has 6 heterocycles. The molecule has 10 rings (SSSR count). The van der Waals surface area contributed by atoms with Gasteiger partial charge in [-0.1, -0.05) is 18.2 Å². The molecule has 32 nitrogen and oxygen atoms in total. The molecule has 5 aliphatic rings. The van der Waals surface area contributed by atoms with Crippen LogP contribution in [0.1, 0.15) is 122 Å². The number of oxazole rings is 1. The lowest BCUT2D eigenvalue weighted by Gasteiger charge is -2.36. The maximum atomic E-state index is 14.9. The number of carboxylic acid groups (broad SMARTS) is 4. The minimum Gasteiger partial charge on any atom is -0.478 e. The molecule has 48 heteroatoms. The van der Waals surface area contributed by atoms with Crippen LogP contribution in [-0.4, -0.2) is 302 Å². The summed E-state index contributed by atoms with van der Waals surface area (Å²) in [7, 11) is 0. The Hall–Kier alpha value is -11.6. The number of amides is 4. The van der Waals surface area contributed by atoms with Crippen LogP contribution in [0.5, 0.6) is 23.0 Å². The van der Waals surface area contributed by atoms with E-state index in [1.807, 2.05) is 20.8 Å². The zero-order valence-electron chi connectivity index (χ0n) is 73.6. The Morgan fingerprint density at radius 2 is 0.742 bits per heavy atom. The van der Waals surface area contributed by atoms with E-state index in [2.05, 4.69) is 23.9 Å². The van der Waals surface area contributed by atoms with E-state index in [0.717, 1.165) is 31.7 Å². The number of benzene rings is 4. The van der Waals surface area contributed by atoms with Crippen LogP contribution in [0.4, 0.5) is 89.4 Å². The number of aromatic nitrogens is 1. The third-order valence-electron chi connectivity index (χ3n) is 21.0. The summed E-state index contributed by atoms with van der Waals surface area (Å²) in [6.45, 7) is 18.5. The molecule has 0 aliphatic carbocycles. The molecular weight excluding hydrogens is 1800 g/mol. The third kappa shape index (κ3) is 31.6. The number of alkyl halides is 16. The smallest absolute Gasteiger partial charge is 0.425 e. The van der Waals surface area contributed by atoms with Crippen molar-refractivity contribution in [1.82, 2.24) is 44.2 Å². The highest BCUT2D eigenvalue weighted by Crippen LogP contribution is 2.40. The zero-order chi connectivity index (χ0) is 99.0. The summed E-state index contributed by atoms with van der Waals surface area (Å²) >= 11 is 0. The van der Waals surface area contributed by atoms with Gasteiger partial charge in [-0.05, 0) is 154 Å². The van der Waals surface area contributed by atoms with Crippen molar-refractivity contribution in [3.05, 3.63) is 124 Å². The molecule has 132 heavy (non-hydrogen) atoms. The van der Waals surface area contributed by atoms with Crippen molar-refractivity contribution >= 4 is 48.3 Å². The molecule has 5 aliphatic heterocycles. The third-order valence-corrected chi connectivity index (χ3v) is 21.0. The van der Waals surface area contributed by atoms with E-state index >= 15 is 0 Å². The maximum Gasteiger partial charge on any atom is 0.425 e. The highest BCUT2D eigenvalue weighted by Gasteiger charge is 2.47. The summed E-state index contributed by atoms with van der Waals surface area (Å²) < 4.78 is 256. The molecule has 4 amide bonds. The molecule has 5 aromatic rings. The molecule has 732 valence electrons. The summed E-state index contributed by atoms with van der Waals surface area (Å²) in [6, 6.07) is 19.6. The highest BCUT2D eigenvalue weighted by molar-refractivity contribution is 5.79. The quantitative estimate of drug-likeness (QED) is 0.0295. The number of nitriles is 1. The van der Waals surface area contributed by atoms with Crippen molar-refractivity contribution in [2.45, 2.75) is 193 Å². The largest absolute Gasteiger partial charge is 0.478 e. The number of rotatable bonds is 26. The van der Waals surface area contributed by atoms with Gasteiger partial charge in [-0.25, -0.2) is 47.7 Å². The molecule has 4 atom stereocenters. The normalized spacial score (nSPS) is 17.4. The Kier molecular flexibility index (Phi) is 35.7. The van der Waals surface area contributed by atoms with Crippen LogP contribution in [0.3, 0.4) is 0 Å². The van der Waals surface area contributed by atoms with Crippen LogP contribution in [0, 0.1) is 11.3 Å². The van der Waals surface area contributed by atoms with Crippen LogP contribution < -0.4 is 18.9 Å². The maximum absolute atomic E-state index is 14.9. The molecule has 0 saturated carbocycles. The second-order valence-electron chi connectivity index (χ2n) is 33.3. The number of ether oxygens (including phenoxy) is 9. The van der Waals surface area contributed by atoms with Crippen molar-refractivity contribution < 1.29 is 176 Å². The molecule has 4 N–H and O–H groups in total. The van der Waals surface area contributed by atoms with Crippen molar-refractivity contribution in [2.75, 3.05) is 118 Å². The lowest BCUT2D eigenvalue weighted by Crippen LogP contribution is -2.49. The standard InChI is InChI=1S/C22H28F4N2O6.C22H26F3N3O6.C20H24F6N2O5.C20H24F3N3O5/c1-14(22(24,25)26)33-19(31)28-8-6-27(7-9-28)11-15-4-5-16(21(23)12-32-13-21)10-17(15)34-20(2,3)18(29)30;1-14(22(23,24)25)33-20(31)28-9-7-27(8-10-28)13-16-5-4-15(18-26-6-11-32-18)12-17(16)34-21(2,3)19(29)30;1-12(19(21,22)23)32-17(31)28-6-4-27(5-7-28)11-13-8-14(20(24,25)26)10-15(9-13)33-18(2,3)16(29)30;1-13(20(21,22)23)30-18(29)26-6-4-25(5-7-26)12-15-8-14(11-24)9-16(10-15)31-19(2,3)17(27)28/h4-5,10,14H,6-9,11-13H2,1-3H3,(H,29,30);4-6,11-12,14H,7-10,13H2,1-3H3,(H,29,30);8-10,12H,4-7,11H2,1-3H3,(H,29,30);8-10,13H,4-7,12H2,1-3H3,(H,27,28). The van der Waals surface area contributed by atoms with E-state index in [0.29, 0.717) is 117 Å². The number of piperazine rings is 4. The minimum atomic E-state index is -4.70. The van der Waals surface area contributed by atoms with Crippen molar-refractivity contribution in [1.29, 1.82) is 5.26 Å². The number of hydrogen-bond acceptors (Lipinski definition) is 24. The van der Waals surface area contributed by atoms with E-state index in [1.54, 1.807) is 47.4 Å². The monoisotopic (exact) mass is 1910 g/mol. The molecule has 0 spiro atoms. The van der Waals surface area contributed by atoms with E-state index in [9.17, 15) is 134 Å². The van der Waals surface area contributed by atoms with E-state index < -0.39 is 137 Å². The number of aliphatic carboxylic acids is 4. The number of nitrogens with zero attached hydrogens (tertiary/aromatic N) is 10.